The Bertz CT molecular complexity index is 639. The summed E-state index contributed by atoms with van der Waals surface area (Å²) in [4.78, 5) is 14.1. The number of aliphatic hydroxyl groups excluding tert-OH is 1. The summed E-state index contributed by atoms with van der Waals surface area (Å²) < 4.78 is 5.40. The van der Waals surface area contributed by atoms with Gasteiger partial charge < -0.3 is 19.8 Å². The Labute approximate surface area is 144 Å². The van der Waals surface area contributed by atoms with Gasteiger partial charge in [-0.3, -0.25) is 4.79 Å². The van der Waals surface area contributed by atoms with E-state index >= 15 is 0 Å². The van der Waals surface area contributed by atoms with Crippen molar-refractivity contribution in [2.45, 2.75) is 36.8 Å². The highest BCUT2D eigenvalue weighted by atomic mass is 35.5. The molecular weight excluding hydrogens is 341 g/mol. The molecule has 0 saturated carbocycles. The number of rotatable bonds is 3. The maximum absolute atomic E-state index is 12.3. The molecule has 1 aromatic carbocycles. The van der Waals surface area contributed by atoms with Crippen LogP contribution in [0.3, 0.4) is 0 Å². The first-order chi connectivity index (χ1) is 10.9. The zero-order chi connectivity index (χ0) is 16.8. The van der Waals surface area contributed by atoms with Crippen molar-refractivity contribution in [2.24, 2.45) is 0 Å². The Morgan fingerprint density at radius 2 is 2.17 bits per heavy atom. The van der Waals surface area contributed by atoms with Crippen LogP contribution in [0, 0.1) is 0 Å². The summed E-state index contributed by atoms with van der Waals surface area (Å²) in [5, 5.41) is 20.5. The molecule has 3 atom stereocenters. The molecule has 1 unspecified atom stereocenters. The van der Waals surface area contributed by atoms with Crippen LogP contribution >= 0.6 is 23.2 Å². The smallest absolute Gasteiger partial charge is 0.225 e. The van der Waals surface area contributed by atoms with E-state index in [1.54, 1.807) is 24.1 Å². The summed E-state index contributed by atoms with van der Waals surface area (Å²) in [7, 11) is 1.57. The Morgan fingerprint density at radius 1 is 1.43 bits per heavy atom. The largest absolute Gasteiger partial charge is 0.496 e. The number of carbonyl (C=O) groups is 1. The SMILES string of the molecule is COc1ccc(Cl)c(Cl)c1[C@H]1C[C@H]2CC(O)(CO)CC(=O)N2C1. The van der Waals surface area contributed by atoms with Crippen molar-refractivity contribution in [1.82, 2.24) is 4.90 Å². The molecule has 5 nitrogen and oxygen atoms in total. The van der Waals surface area contributed by atoms with Gasteiger partial charge in [0.05, 0.1) is 35.8 Å². The summed E-state index contributed by atoms with van der Waals surface area (Å²) in [5.74, 6) is 0.498. The molecule has 0 radical (unpaired) electrons. The third kappa shape index (κ3) is 2.91. The van der Waals surface area contributed by atoms with E-state index in [9.17, 15) is 15.0 Å². The van der Waals surface area contributed by atoms with Crippen molar-refractivity contribution < 1.29 is 19.7 Å². The predicted octanol–water partition coefficient (Wildman–Crippen LogP) is 2.20. The third-order valence-electron chi connectivity index (χ3n) is 4.85. The molecule has 2 heterocycles. The zero-order valence-corrected chi connectivity index (χ0v) is 14.3. The van der Waals surface area contributed by atoms with E-state index in [1.165, 1.54) is 0 Å². The zero-order valence-electron chi connectivity index (χ0n) is 12.8. The molecule has 0 bridgehead atoms. The molecule has 2 aliphatic rings. The summed E-state index contributed by atoms with van der Waals surface area (Å²) in [5.41, 5.74) is -0.522. The number of aliphatic hydroxyl groups is 2. The van der Waals surface area contributed by atoms with E-state index in [2.05, 4.69) is 0 Å². The first-order valence-electron chi connectivity index (χ1n) is 7.53. The first-order valence-corrected chi connectivity index (χ1v) is 8.28. The molecule has 126 valence electrons. The van der Waals surface area contributed by atoms with Crippen molar-refractivity contribution in [2.75, 3.05) is 20.3 Å². The van der Waals surface area contributed by atoms with Gasteiger partial charge in [-0.15, -0.1) is 0 Å². The average Bonchev–Trinajstić information content (AvgIpc) is 2.93. The molecule has 7 heteroatoms. The molecule has 2 fully saturated rings. The quantitative estimate of drug-likeness (QED) is 0.867. The summed E-state index contributed by atoms with van der Waals surface area (Å²) in [6, 6.07) is 3.34. The molecule has 0 spiro atoms. The second-order valence-electron chi connectivity index (χ2n) is 6.37. The minimum Gasteiger partial charge on any atom is -0.496 e. The molecule has 0 aliphatic carbocycles. The number of piperidine rings is 1. The number of amides is 1. The normalized spacial score (nSPS) is 30.5. The van der Waals surface area contributed by atoms with Gasteiger partial charge in [-0.1, -0.05) is 23.2 Å². The molecule has 2 saturated heterocycles. The lowest BCUT2D eigenvalue weighted by Gasteiger charge is -2.39. The standard InChI is InChI=1S/C16H19Cl2NO4/c1-23-12-3-2-11(17)15(18)14(12)9-4-10-5-16(22,8-20)6-13(21)19(10)7-9/h2-3,9-10,20,22H,4-8H2,1H3/t9-,10-,16?/m0/s1. The molecular formula is C16H19Cl2NO4. The number of hydrogen-bond acceptors (Lipinski definition) is 4. The highest BCUT2D eigenvalue weighted by Crippen LogP contribution is 2.46. The van der Waals surface area contributed by atoms with Crippen LogP contribution < -0.4 is 4.74 Å². The van der Waals surface area contributed by atoms with Crippen LogP contribution in [0.5, 0.6) is 5.75 Å². The van der Waals surface area contributed by atoms with Gasteiger partial charge in [0, 0.05) is 24.1 Å². The van der Waals surface area contributed by atoms with Crippen LogP contribution in [0.15, 0.2) is 12.1 Å². The van der Waals surface area contributed by atoms with Crippen molar-refractivity contribution in [3.05, 3.63) is 27.7 Å². The van der Waals surface area contributed by atoms with Crippen LogP contribution in [-0.4, -0.2) is 52.9 Å². The molecule has 23 heavy (non-hydrogen) atoms. The van der Waals surface area contributed by atoms with Crippen LogP contribution in [0.4, 0.5) is 0 Å². The minimum absolute atomic E-state index is 0.00820. The Kier molecular flexibility index (Phi) is 4.49. The van der Waals surface area contributed by atoms with Gasteiger partial charge in [-0.05, 0) is 25.0 Å². The summed E-state index contributed by atoms with van der Waals surface area (Å²) in [6.07, 6.45) is 0.976. The topological polar surface area (TPSA) is 70.0 Å². The summed E-state index contributed by atoms with van der Waals surface area (Å²) in [6.45, 7) is 0.108. The van der Waals surface area contributed by atoms with E-state index in [-0.39, 0.29) is 24.3 Å². The van der Waals surface area contributed by atoms with E-state index in [0.717, 1.165) is 5.56 Å². The Hall–Kier alpha value is -1.01. The van der Waals surface area contributed by atoms with E-state index in [0.29, 0.717) is 35.2 Å². The van der Waals surface area contributed by atoms with Crippen LogP contribution in [0.2, 0.25) is 10.0 Å². The second-order valence-corrected chi connectivity index (χ2v) is 7.16. The number of methoxy groups -OCH3 is 1. The fourth-order valence-corrected chi connectivity index (χ4v) is 4.22. The lowest BCUT2D eigenvalue weighted by Crippen LogP contribution is -2.52. The van der Waals surface area contributed by atoms with Crippen LogP contribution in [0.25, 0.3) is 0 Å². The molecule has 1 amide bonds. The molecule has 2 aliphatic heterocycles. The van der Waals surface area contributed by atoms with Gasteiger partial charge in [-0.25, -0.2) is 0 Å². The Balaban J connectivity index is 1.91. The molecule has 1 aromatic rings. The molecule has 3 rings (SSSR count). The van der Waals surface area contributed by atoms with Crippen molar-refractivity contribution >= 4 is 29.1 Å². The van der Waals surface area contributed by atoms with E-state index < -0.39 is 12.2 Å². The second kappa shape index (κ2) is 6.13. The molecule has 0 aromatic heterocycles. The number of benzene rings is 1. The van der Waals surface area contributed by atoms with Crippen molar-refractivity contribution in [1.29, 1.82) is 0 Å². The highest BCUT2D eigenvalue weighted by Gasteiger charge is 2.47. The predicted molar refractivity (Wildman–Crippen MR) is 87.1 cm³/mol. The number of carbonyl (C=O) groups excluding carboxylic acids is 1. The van der Waals surface area contributed by atoms with Gasteiger partial charge in [-0.2, -0.15) is 0 Å². The third-order valence-corrected chi connectivity index (χ3v) is 5.66. The number of ether oxygens (including phenoxy) is 1. The van der Waals surface area contributed by atoms with Crippen molar-refractivity contribution in [3.63, 3.8) is 0 Å². The van der Waals surface area contributed by atoms with Gasteiger partial charge >= 0.3 is 0 Å². The summed E-state index contributed by atoms with van der Waals surface area (Å²) >= 11 is 12.5. The number of hydrogen-bond donors (Lipinski definition) is 2. The fourth-order valence-electron chi connectivity index (χ4n) is 3.75. The van der Waals surface area contributed by atoms with Crippen molar-refractivity contribution in [3.8, 4) is 5.75 Å². The lowest BCUT2D eigenvalue weighted by atomic mass is 9.85. The first kappa shape index (κ1) is 16.8. The number of nitrogens with zero attached hydrogens (tertiary/aromatic N) is 1. The minimum atomic E-state index is -1.32. The van der Waals surface area contributed by atoms with Gasteiger partial charge in [0.15, 0.2) is 0 Å². The number of halogens is 2. The van der Waals surface area contributed by atoms with Crippen LogP contribution in [-0.2, 0) is 4.79 Å². The van der Waals surface area contributed by atoms with Gasteiger partial charge in [0.1, 0.15) is 5.75 Å². The van der Waals surface area contributed by atoms with Gasteiger partial charge in [0.25, 0.3) is 0 Å². The highest BCUT2D eigenvalue weighted by molar-refractivity contribution is 6.42. The maximum atomic E-state index is 12.3. The monoisotopic (exact) mass is 359 g/mol. The fraction of sp³-hybridized carbons (Fsp3) is 0.562. The number of fused-ring (bicyclic) bond motifs is 1. The van der Waals surface area contributed by atoms with E-state index in [4.69, 9.17) is 27.9 Å². The van der Waals surface area contributed by atoms with Crippen LogP contribution in [0.1, 0.15) is 30.7 Å². The molecule has 2 N–H and O–H groups in total. The maximum Gasteiger partial charge on any atom is 0.225 e. The lowest BCUT2D eigenvalue weighted by molar-refractivity contribution is -0.149. The average molecular weight is 360 g/mol. The Morgan fingerprint density at radius 3 is 2.83 bits per heavy atom. The van der Waals surface area contributed by atoms with Gasteiger partial charge in [0.2, 0.25) is 5.91 Å². The van der Waals surface area contributed by atoms with E-state index in [1.807, 2.05) is 0 Å².